The third-order valence-electron chi connectivity index (χ3n) is 4.99. The second kappa shape index (κ2) is 9.46. The van der Waals surface area contributed by atoms with Gasteiger partial charge in [0.1, 0.15) is 12.4 Å². The number of nitrogens with zero attached hydrogens (tertiary/aromatic N) is 2. The van der Waals surface area contributed by atoms with Gasteiger partial charge < -0.3 is 4.74 Å². The third-order valence-corrected chi connectivity index (χ3v) is 5.48. The highest BCUT2D eigenvalue weighted by atomic mass is 79.9. The Labute approximate surface area is 193 Å². The Morgan fingerprint density at radius 1 is 1.00 bits per heavy atom. The van der Waals surface area contributed by atoms with E-state index in [2.05, 4.69) is 46.3 Å². The van der Waals surface area contributed by atoms with Crippen LogP contribution in [0.2, 0.25) is 0 Å². The van der Waals surface area contributed by atoms with Crippen molar-refractivity contribution in [3.8, 4) is 11.8 Å². The molecule has 0 spiro atoms. The van der Waals surface area contributed by atoms with Gasteiger partial charge in [-0.3, -0.25) is 10.1 Å². The van der Waals surface area contributed by atoms with Crippen molar-refractivity contribution in [3.05, 3.63) is 116 Å². The van der Waals surface area contributed by atoms with E-state index >= 15 is 0 Å². The summed E-state index contributed by atoms with van der Waals surface area (Å²) in [6.45, 7) is 0.382. The molecule has 0 aliphatic carbocycles. The van der Waals surface area contributed by atoms with Crippen LogP contribution in [0, 0.1) is 21.4 Å². The summed E-state index contributed by atoms with van der Waals surface area (Å²) in [5.41, 5.74) is 2.73. The Bertz CT molecular complexity index is 1370. The summed E-state index contributed by atoms with van der Waals surface area (Å²) >= 11 is 3.47. The number of nitro groups is 1. The van der Waals surface area contributed by atoms with Gasteiger partial charge in [0, 0.05) is 22.2 Å². The Balaban J connectivity index is 1.61. The molecule has 4 rings (SSSR count). The molecule has 0 unspecified atom stereocenters. The third kappa shape index (κ3) is 4.85. The number of nitro benzene ring substituents is 1. The van der Waals surface area contributed by atoms with E-state index in [0.717, 1.165) is 21.0 Å². The van der Waals surface area contributed by atoms with Crippen LogP contribution >= 0.6 is 15.9 Å². The Morgan fingerprint density at radius 2 is 1.75 bits per heavy atom. The Hall–Kier alpha value is -3.95. The average Bonchev–Trinajstić information content (AvgIpc) is 2.82. The van der Waals surface area contributed by atoms with E-state index in [1.807, 2.05) is 36.4 Å². The molecular formula is C26H17BrN2O3. The maximum atomic E-state index is 10.9. The van der Waals surface area contributed by atoms with Crippen molar-refractivity contribution in [2.24, 2.45) is 0 Å². The molecule has 0 aliphatic rings. The summed E-state index contributed by atoms with van der Waals surface area (Å²) in [4.78, 5) is 10.4. The summed E-state index contributed by atoms with van der Waals surface area (Å²) < 4.78 is 6.94. The number of fused-ring (bicyclic) bond motifs is 1. The van der Waals surface area contributed by atoms with Crippen LogP contribution in [-0.2, 0) is 6.61 Å². The number of nitriles is 1. The molecule has 0 N–H and O–H groups in total. The predicted octanol–water partition coefficient (Wildman–Crippen LogP) is 7.15. The van der Waals surface area contributed by atoms with Crippen molar-refractivity contribution in [2.45, 2.75) is 6.61 Å². The first-order valence-electron chi connectivity index (χ1n) is 9.80. The van der Waals surface area contributed by atoms with Crippen molar-refractivity contribution in [3.63, 3.8) is 0 Å². The molecule has 0 bridgehead atoms. The number of halogens is 1. The molecular weight excluding hydrogens is 468 g/mol. The van der Waals surface area contributed by atoms with Gasteiger partial charge in [-0.1, -0.05) is 52.3 Å². The number of benzene rings is 4. The minimum Gasteiger partial charge on any atom is -0.488 e. The fraction of sp³-hybridized carbons (Fsp3) is 0.0385. The maximum Gasteiger partial charge on any atom is 0.269 e. The van der Waals surface area contributed by atoms with Crippen LogP contribution in [0.15, 0.2) is 89.4 Å². The lowest BCUT2D eigenvalue weighted by atomic mass is 10.0. The molecule has 6 heteroatoms. The highest BCUT2D eigenvalue weighted by Gasteiger charge is 2.10. The smallest absolute Gasteiger partial charge is 0.269 e. The van der Waals surface area contributed by atoms with Crippen molar-refractivity contribution in [1.29, 1.82) is 5.26 Å². The van der Waals surface area contributed by atoms with Crippen LogP contribution in [0.3, 0.4) is 0 Å². The molecule has 32 heavy (non-hydrogen) atoms. The first kappa shape index (κ1) is 21.3. The van der Waals surface area contributed by atoms with Crippen molar-refractivity contribution >= 4 is 44.0 Å². The number of rotatable bonds is 6. The second-order valence-corrected chi connectivity index (χ2v) is 8.04. The molecule has 0 fully saturated rings. The van der Waals surface area contributed by atoms with Crippen molar-refractivity contribution < 1.29 is 9.66 Å². The van der Waals surface area contributed by atoms with E-state index in [1.54, 1.807) is 18.2 Å². The van der Waals surface area contributed by atoms with E-state index in [-0.39, 0.29) is 5.69 Å². The highest BCUT2D eigenvalue weighted by Crippen LogP contribution is 2.29. The minimum atomic E-state index is -0.466. The largest absolute Gasteiger partial charge is 0.488 e. The summed E-state index contributed by atoms with van der Waals surface area (Å²) in [5, 5.41) is 22.9. The van der Waals surface area contributed by atoms with Crippen LogP contribution in [-0.4, -0.2) is 4.92 Å². The van der Waals surface area contributed by atoms with Gasteiger partial charge in [-0.2, -0.15) is 5.26 Å². The standard InChI is InChI=1S/C26H17BrN2O3/c27-24-9-12-26(32-17-18-5-6-19-3-1-2-4-21(19)13-18)22(15-24)14-23(16-28)20-7-10-25(11-8-20)29(30)31/h1-15H,17H2/b23-14-. The summed E-state index contributed by atoms with van der Waals surface area (Å²) in [6, 6.07) is 28.0. The summed E-state index contributed by atoms with van der Waals surface area (Å²) in [7, 11) is 0. The molecule has 0 heterocycles. The predicted molar refractivity (Wildman–Crippen MR) is 129 cm³/mol. The fourth-order valence-corrected chi connectivity index (χ4v) is 3.73. The van der Waals surface area contributed by atoms with E-state index in [4.69, 9.17) is 4.74 Å². The van der Waals surface area contributed by atoms with Crippen molar-refractivity contribution in [2.75, 3.05) is 0 Å². The molecule has 0 radical (unpaired) electrons. The number of allylic oxidation sites excluding steroid dienone is 1. The molecule has 0 atom stereocenters. The summed E-state index contributed by atoms with van der Waals surface area (Å²) in [5.74, 6) is 0.635. The average molecular weight is 485 g/mol. The molecule has 4 aromatic rings. The van der Waals surface area contributed by atoms with Crippen LogP contribution in [0.5, 0.6) is 5.75 Å². The molecule has 0 saturated carbocycles. The van der Waals surface area contributed by atoms with Gasteiger partial charge in [0.2, 0.25) is 0 Å². The normalized spacial score (nSPS) is 11.2. The number of ether oxygens (including phenoxy) is 1. The monoisotopic (exact) mass is 484 g/mol. The molecule has 0 aromatic heterocycles. The van der Waals surface area contributed by atoms with E-state index in [0.29, 0.717) is 23.5 Å². The zero-order valence-electron chi connectivity index (χ0n) is 16.9. The van der Waals surface area contributed by atoms with Crippen molar-refractivity contribution in [1.82, 2.24) is 0 Å². The zero-order chi connectivity index (χ0) is 22.5. The number of non-ortho nitro benzene ring substituents is 1. The molecule has 0 saturated heterocycles. The van der Waals surface area contributed by atoms with E-state index < -0.39 is 4.92 Å². The fourth-order valence-electron chi connectivity index (χ4n) is 3.35. The molecule has 4 aromatic carbocycles. The lowest BCUT2D eigenvalue weighted by molar-refractivity contribution is -0.384. The van der Waals surface area contributed by atoms with Gasteiger partial charge in [0.25, 0.3) is 5.69 Å². The quantitative estimate of drug-likeness (QED) is 0.126. The van der Waals surface area contributed by atoms with Gasteiger partial charge in [0.05, 0.1) is 16.6 Å². The summed E-state index contributed by atoms with van der Waals surface area (Å²) in [6.07, 6.45) is 1.72. The van der Waals surface area contributed by atoms with Crippen LogP contribution in [0.4, 0.5) is 5.69 Å². The Morgan fingerprint density at radius 3 is 2.47 bits per heavy atom. The van der Waals surface area contributed by atoms with Crippen LogP contribution < -0.4 is 4.74 Å². The van der Waals surface area contributed by atoms with Crippen LogP contribution in [0.25, 0.3) is 22.4 Å². The lowest BCUT2D eigenvalue weighted by Crippen LogP contribution is -1.97. The zero-order valence-corrected chi connectivity index (χ0v) is 18.5. The second-order valence-electron chi connectivity index (χ2n) is 7.13. The van der Waals surface area contributed by atoms with E-state index in [1.165, 1.54) is 17.5 Å². The van der Waals surface area contributed by atoms with Gasteiger partial charge in [-0.25, -0.2) is 0 Å². The van der Waals surface area contributed by atoms with Gasteiger partial charge in [-0.05, 0) is 64.4 Å². The minimum absolute atomic E-state index is 0.0205. The van der Waals surface area contributed by atoms with E-state index in [9.17, 15) is 15.4 Å². The SMILES string of the molecule is N#C/C(=C/c1cc(Br)ccc1OCc1ccc2ccccc2c1)c1ccc([N+](=O)[O-])cc1. The first-order valence-corrected chi connectivity index (χ1v) is 10.6. The lowest BCUT2D eigenvalue weighted by Gasteiger charge is -2.11. The first-order chi connectivity index (χ1) is 15.5. The van der Waals surface area contributed by atoms with Crippen LogP contribution in [0.1, 0.15) is 16.7 Å². The number of hydrogen-bond donors (Lipinski definition) is 0. The maximum absolute atomic E-state index is 10.9. The molecule has 0 aliphatic heterocycles. The van der Waals surface area contributed by atoms with Gasteiger partial charge >= 0.3 is 0 Å². The number of hydrogen-bond acceptors (Lipinski definition) is 4. The van der Waals surface area contributed by atoms with Gasteiger partial charge in [0.15, 0.2) is 0 Å². The molecule has 5 nitrogen and oxygen atoms in total. The highest BCUT2D eigenvalue weighted by molar-refractivity contribution is 9.10. The molecule has 156 valence electrons. The molecule has 0 amide bonds. The Kier molecular flexibility index (Phi) is 6.29. The van der Waals surface area contributed by atoms with Gasteiger partial charge in [-0.15, -0.1) is 0 Å². The topological polar surface area (TPSA) is 76.2 Å².